The molecule has 0 radical (unpaired) electrons. The molecule has 0 saturated carbocycles. The number of anilines is 1. The SMILES string of the molecule is CC(OCC1CCCCO1)C(=O)NCCC(=O)Nc1ccccn1. The smallest absolute Gasteiger partial charge is 0.248 e. The van der Waals surface area contributed by atoms with Gasteiger partial charge in [-0.2, -0.15) is 0 Å². The molecule has 132 valence electrons. The van der Waals surface area contributed by atoms with Crippen LogP contribution in [0.1, 0.15) is 32.6 Å². The highest BCUT2D eigenvalue weighted by Gasteiger charge is 2.18. The first-order chi connectivity index (χ1) is 11.6. The number of carbonyl (C=O) groups excluding carboxylic acids is 2. The molecule has 0 bridgehead atoms. The summed E-state index contributed by atoms with van der Waals surface area (Å²) in [4.78, 5) is 27.7. The van der Waals surface area contributed by atoms with Crippen molar-refractivity contribution in [2.45, 2.75) is 44.8 Å². The van der Waals surface area contributed by atoms with E-state index in [1.54, 1.807) is 31.3 Å². The third kappa shape index (κ3) is 6.64. The van der Waals surface area contributed by atoms with Crippen LogP contribution < -0.4 is 10.6 Å². The summed E-state index contributed by atoms with van der Waals surface area (Å²) in [5, 5.41) is 5.36. The van der Waals surface area contributed by atoms with Crippen molar-refractivity contribution in [3.05, 3.63) is 24.4 Å². The molecule has 2 heterocycles. The van der Waals surface area contributed by atoms with E-state index in [0.717, 1.165) is 25.9 Å². The van der Waals surface area contributed by atoms with E-state index in [4.69, 9.17) is 9.47 Å². The van der Waals surface area contributed by atoms with Crippen LogP contribution >= 0.6 is 0 Å². The summed E-state index contributed by atoms with van der Waals surface area (Å²) in [6.07, 6.45) is 4.51. The third-order valence-corrected chi connectivity index (χ3v) is 3.76. The summed E-state index contributed by atoms with van der Waals surface area (Å²) in [5.74, 6) is 0.0765. The van der Waals surface area contributed by atoms with E-state index in [0.29, 0.717) is 12.4 Å². The predicted molar refractivity (Wildman–Crippen MR) is 89.5 cm³/mol. The lowest BCUT2D eigenvalue weighted by atomic mass is 10.1. The molecule has 2 atom stereocenters. The number of aromatic nitrogens is 1. The minimum absolute atomic E-state index is 0.0816. The summed E-state index contributed by atoms with van der Waals surface area (Å²) in [6.45, 7) is 3.14. The number of rotatable bonds is 8. The van der Waals surface area contributed by atoms with Crippen LogP contribution in [0.3, 0.4) is 0 Å². The average Bonchev–Trinajstić information content (AvgIpc) is 2.61. The molecule has 1 aromatic heterocycles. The van der Waals surface area contributed by atoms with Crippen molar-refractivity contribution in [2.24, 2.45) is 0 Å². The van der Waals surface area contributed by atoms with Gasteiger partial charge in [-0.1, -0.05) is 6.07 Å². The Morgan fingerprint density at radius 2 is 2.29 bits per heavy atom. The summed E-state index contributed by atoms with van der Waals surface area (Å²) in [7, 11) is 0. The van der Waals surface area contributed by atoms with Gasteiger partial charge in [0.1, 0.15) is 11.9 Å². The first-order valence-electron chi connectivity index (χ1n) is 8.37. The molecule has 24 heavy (non-hydrogen) atoms. The molecule has 0 aliphatic carbocycles. The van der Waals surface area contributed by atoms with Gasteiger partial charge in [0.25, 0.3) is 0 Å². The summed E-state index contributed by atoms with van der Waals surface area (Å²) in [6, 6.07) is 5.27. The maximum absolute atomic E-state index is 11.9. The zero-order chi connectivity index (χ0) is 17.2. The number of nitrogens with one attached hydrogen (secondary N) is 2. The molecule has 0 spiro atoms. The van der Waals surface area contributed by atoms with Gasteiger partial charge >= 0.3 is 0 Å². The van der Waals surface area contributed by atoms with Gasteiger partial charge in [0.05, 0.1) is 12.7 Å². The molecule has 1 aromatic rings. The Morgan fingerprint density at radius 1 is 1.42 bits per heavy atom. The number of nitrogens with zero attached hydrogens (tertiary/aromatic N) is 1. The first kappa shape index (κ1) is 18.4. The molecule has 1 aliphatic rings. The second-order valence-corrected chi connectivity index (χ2v) is 5.77. The fourth-order valence-electron chi connectivity index (χ4n) is 2.35. The molecule has 2 rings (SSSR count). The fourth-order valence-corrected chi connectivity index (χ4v) is 2.35. The van der Waals surface area contributed by atoms with E-state index >= 15 is 0 Å². The Balaban J connectivity index is 1.58. The van der Waals surface area contributed by atoms with Gasteiger partial charge in [-0.3, -0.25) is 9.59 Å². The molecule has 1 saturated heterocycles. The van der Waals surface area contributed by atoms with E-state index in [2.05, 4.69) is 15.6 Å². The van der Waals surface area contributed by atoms with Crippen LogP contribution in [0.5, 0.6) is 0 Å². The van der Waals surface area contributed by atoms with Crippen molar-refractivity contribution in [1.29, 1.82) is 0 Å². The van der Waals surface area contributed by atoms with E-state index < -0.39 is 6.10 Å². The molecule has 2 unspecified atom stereocenters. The minimum atomic E-state index is -0.561. The van der Waals surface area contributed by atoms with Crippen LogP contribution in [0.25, 0.3) is 0 Å². The van der Waals surface area contributed by atoms with Gasteiger partial charge in [0.2, 0.25) is 11.8 Å². The average molecular weight is 335 g/mol. The van der Waals surface area contributed by atoms with Crippen LogP contribution in [0.4, 0.5) is 5.82 Å². The van der Waals surface area contributed by atoms with Crippen molar-refractivity contribution in [3.63, 3.8) is 0 Å². The quantitative estimate of drug-likeness (QED) is 0.751. The van der Waals surface area contributed by atoms with E-state index in [-0.39, 0.29) is 30.9 Å². The Kier molecular flexibility index (Phi) is 7.64. The summed E-state index contributed by atoms with van der Waals surface area (Å²) in [5.41, 5.74) is 0. The van der Waals surface area contributed by atoms with Crippen LogP contribution in [0.2, 0.25) is 0 Å². The number of hydrogen-bond donors (Lipinski definition) is 2. The molecule has 0 aromatic carbocycles. The minimum Gasteiger partial charge on any atom is -0.376 e. The predicted octanol–water partition coefficient (Wildman–Crippen LogP) is 1.50. The Bertz CT molecular complexity index is 518. The lowest BCUT2D eigenvalue weighted by Gasteiger charge is -2.23. The highest BCUT2D eigenvalue weighted by molar-refractivity contribution is 5.90. The summed E-state index contributed by atoms with van der Waals surface area (Å²) >= 11 is 0. The lowest BCUT2D eigenvalue weighted by molar-refractivity contribution is -0.135. The van der Waals surface area contributed by atoms with Crippen molar-refractivity contribution in [1.82, 2.24) is 10.3 Å². The monoisotopic (exact) mass is 335 g/mol. The second-order valence-electron chi connectivity index (χ2n) is 5.77. The highest BCUT2D eigenvalue weighted by Crippen LogP contribution is 2.13. The Hall–Kier alpha value is -1.99. The molecule has 1 fully saturated rings. The van der Waals surface area contributed by atoms with Crippen LogP contribution in [0.15, 0.2) is 24.4 Å². The van der Waals surface area contributed by atoms with Gasteiger partial charge in [0, 0.05) is 25.8 Å². The summed E-state index contributed by atoms with van der Waals surface area (Å²) < 4.78 is 11.1. The van der Waals surface area contributed by atoms with Crippen molar-refractivity contribution in [3.8, 4) is 0 Å². The van der Waals surface area contributed by atoms with Crippen molar-refractivity contribution < 1.29 is 19.1 Å². The third-order valence-electron chi connectivity index (χ3n) is 3.76. The number of amides is 2. The topological polar surface area (TPSA) is 89.5 Å². The van der Waals surface area contributed by atoms with Crippen LogP contribution in [-0.2, 0) is 19.1 Å². The van der Waals surface area contributed by atoms with Gasteiger partial charge in [-0.15, -0.1) is 0 Å². The Morgan fingerprint density at radius 3 is 3.00 bits per heavy atom. The number of carbonyl (C=O) groups is 2. The molecule has 2 N–H and O–H groups in total. The van der Waals surface area contributed by atoms with Crippen LogP contribution in [0, 0.1) is 0 Å². The molecule has 7 nitrogen and oxygen atoms in total. The van der Waals surface area contributed by atoms with Crippen LogP contribution in [-0.4, -0.2) is 48.8 Å². The number of ether oxygens (including phenoxy) is 2. The normalized spacial score (nSPS) is 18.6. The molecular formula is C17H25N3O4. The fraction of sp³-hybridized carbons (Fsp3) is 0.588. The standard InChI is InChI=1S/C17H25N3O4/c1-13(24-12-14-6-3-5-11-23-14)17(22)19-10-8-16(21)20-15-7-2-4-9-18-15/h2,4,7,9,13-14H,3,5-6,8,10-12H2,1H3,(H,19,22)(H,18,20,21). The zero-order valence-electron chi connectivity index (χ0n) is 14.0. The maximum Gasteiger partial charge on any atom is 0.248 e. The molecule has 1 aliphatic heterocycles. The maximum atomic E-state index is 11.9. The first-order valence-corrected chi connectivity index (χ1v) is 8.37. The molecule has 2 amide bonds. The molecular weight excluding hydrogens is 310 g/mol. The van der Waals surface area contributed by atoms with Gasteiger partial charge in [-0.05, 0) is 38.3 Å². The zero-order valence-corrected chi connectivity index (χ0v) is 14.0. The second kappa shape index (κ2) is 10.00. The highest BCUT2D eigenvalue weighted by atomic mass is 16.5. The van der Waals surface area contributed by atoms with E-state index in [1.807, 2.05) is 0 Å². The van der Waals surface area contributed by atoms with Gasteiger partial charge in [-0.25, -0.2) is 4.98 Å². The van der Waals surface area contributed by atoms with Gasteiger partial charge in [0.15, 0.2) is 0 Å². The largest absolute Gasteiger partial charge is 0.376 e. The molecule has 7 heteroatoms. The lowest BCUT2D eigenvalue weighted by Crippen LogP contribution is -2.38. The van der Waals surface area contributed by atoms with Crippen molar-refractivity contribution in [2.75, 3.05) is 25.1 Å². The van der Waals surface area contributed by atoms with E-state index in [9.17, 15) is 9.59 Å². The number of hydrogen-bond acceptors (Lipinski definition) is 5. The van der Waals surface area contributed by atoms with Crippen molar-refractivity contribution >= 4 is 17.6 Å². The number of pyridine rings is 1. The van der Waals surface area contributed by atoms with E-state index in [1.165, 1.54) is 0 Å². The Labute approximate surface area is 142 Å². The van der Waals surface area contributed by atoms with Gasteiger partial charge < -0.3 is 20.1 Å².